The number of halogens is 1. The number of benzene rings is 2. The first-order valence-electron chi connectivity index (χ1n) is 7.19. The van der Waals surface area contributed by atoms with Gasteiger partial charge in [0.25, 0.3) is 0 Å². The van der Waals surface area contributed by atoms with Gasteiger partial charge in [0.2, 0.25) is 0 Å². The Labute approximate surface area is 144 Å². The van der Waals surface area contributed by atoms with Crippen molar-refractivity contribution in [3.8, 4) is 0 Å². The summed E-state index contributed by atoms with van der Waals surface area (Å²) in [5, 5.41) is 1.09. The SMILES string of the molecule is Cc1cc2ncnc(N(C)c3ccc(I)c(C)c3)c2cc1C. The van der Waals surface area contributed by atoms with Gasteiger partial charge >= 0.3 is 0 Å². The fourth-order valence-electron chi connectivity index (χ4n) is 2.53. The molecule has 0 saturated carbocycles. The van der Waals surface area contributed by atoms with Gasteiger partial charge in [-0.05, 0) is 90.4 Å². The van der Waals surface area contributed by atoms with Crippen LogP contribution in [0.3, 0.4) is 0 Å². The fourth-order valence-corrected chi connectivity index (χ4v) is 2.86. The number of aromatic nitrogens is 2. The molecule has 0 fully saturated rings. The summed E-state index contributed by atoms with van der Waals surface area (Å²) in [4.78, 5) is 11.1. The van der Waals surface area contributed by atoms with E-state index in [1.54, 1.807) is 6.33 Å². The molecule has 22 heavy (non-hydrogen) atoms. The number of hydrogen-bond donors (Lipinski definition) is 0. The Balaban J connectivity index is 2.16. The maximum Gasteiger partial charge on any atom is 0.144 e. The number of aryl methyl sites for hydroxylation is 3. The van der Waals surface area contributed by atoms with Crippen molar-refractivity contribution in [2.45, 2.75) is 20.8 Å². The number of fused-ring (bicyclic) bond motifs is 1. The Morgan fingerprint density at radius 2 is 1.64 bits per heavy atom. The van der Waals surface area contributed by atoms with Crippen LogP contribution in [0.15, 0.2) is 36.7 Å². The molecule has 0 bridgehead atoms. The quantitative estimate of drug-likeness (QED) is 0.569. The second-order valence-corrected chi connectivity index (χ2v) is 6.81. The molecule has 3 aromatic rings. The molecule has 4 heteroatoms. The van der Waals surface area contributed by atoms with Crippen molar-refractivity contribution in [1.82, 2.24) is 9.97 Å². The lowest BCUT2D eigenvalue weighted by atomic mass is 10.1. The van der Waals surface area contributed by atoms with Crippen molar-refractivity contribution >= 4 is 45.0 Å². The molecule has 1 aromatic heterocycles. The van der Waals surface area contributed by atoms with Gasteiger partial charge in [-0.2, -0.15) is 0 Å². The number of hydrogen-bond acceptors (Lipinski definition) is 3. The lowest BCUT2D eigenvalue weighted by Crippen LogP contribution is -2.12. The summed E-state index contributed by atoms with van der Waals surface area (Å²) in [6, 6.07) is 10.8. The molecule has 112 valence electrons. The molecule has 0 unspecified atom stereocenters. The average Bonchev–Trinajstić information content (AvgIpc) is 2.50. The van der Waals surface area contributed by atoms with E-state index in [1.165, 1.54) is 20.3 Å². The van der Waals surface area contributed by atoms with E-state index < -0.39 is 0 Å². The van der Waals surface area contributed by atoms with Crippen molar-refractivity contribution in [2.75, 3.05) is 11.9 Å². The largest absolute Gasteiger partial charge is 0.329 e. The lowest BCUT2D eigenvalue weighted by molar-refractivity contribution is 1.10. The van der Waals surface area contributed by atoms with Crippen LogP contribution in [0, 0.1) is 24.3 Å². The maximum absolute atomic E-state index is 4.52. The van der Waals surface area contributed by atoms with Gasteiger partial charge in [-0.25, -0.2) is 9.97 Å². The van der Waals surface area contributed by atoms with Gasteiger partial charge in [0, 0.05) is 21.7 Å². The molecular formula is C18H18IN3. The molecule has 0 amide bonds. The number of nitrogens with zero attached hydrogens (tertiary/aromatic N) is 3. The van der Waals surface area contributed by atoms with Gasteiger partial charge < -0.3 is 4.90 Å². The summed E-state index contributed by atoms with van der Waals surface area (Å²) in [6.45, 7) is 6.37. The van der Waals surface area contributed by atoms with Crippen LogP contribution in [0.1, 0.15) is 16.7 Å². The van der Waals surface area contributed by atoms with Gasteiger partial charge in [-0.15, -0.1) is 0 Å². The minimum absolute atomic E-state index is 0.939. The standard InChI is InChI=1S/C18H18IN3/c1-11-8-15-17(9-12(11)2)20-10-21-18(15)22(4)14-5-6-16(19)13(3)7-14/h5-10H,1-4H3. The topological polar surface area (TPSA) is 29.0 Å². The van der Waals surface area contributed by atoms with E-state index in [-0.39, 0.29) is 0 Å². The zero-order valence-corrected chi connectivity index (χ0v) is 15.3. The monoisotopic (exact) mass is 403 g/mol. The van der Waals surface area contributed by atoms with Crippen molar-refractivity contribution in [1.29, 1.82) is 0 Å². The predicted molar refractivity (Wildman–Crippen MR) is 101 cm³/mol. The minimum Gasteiger partial charge on any atom is -0.329 e. The maximum atomic E-state index is 4.52. The van der Waals surface area contributed by atoms with Crippen LogP contribution < -0.4 is 4.90 Å². The Morgan fingerprint density at radius 1 is 0.909 bits per heavy atom. The summed E-state index contributed by atoms with van der Waals surface area (Å²) in [5.74, 6) is 0.939. The molecule has 2 aromatic carbocycles. The molecule has 0 aliphatic carbocycles. The summed E-state index contributed by atoms with van der Waals surface area (Å²) < 4.78 is 1.27. The first-order valence-corrected chi connectivity index (χ1v) is 8.27. The number of anilines is 2. The van der Waals surface area contributed by atoms with E-state index in [9.17, 15) is 0 Å². The van der Waals surface area contributed by atoms with Crippen molar-refractivity contribution < 1.29 is 0 Å². The van der Waals surface area contributed by atoms with E-state index in [1.807, 2.05) is 0 Å². The summed E-state index contributed by atoms with van der Waals surface area (Å²) in [7, 11) is 2.05. The van der Waals surface area contributed by atoms with Crippen LogP contribution in [0.25, 0.3) is 10.9 Å². The highest BCUT2D eigenvalue weighted by Gasteiger charge is 2.12. The zero-order valence-electron chi connectivity index (χ0n) is 13.2. The van der Waals surface area contributed by atoms with Gasteiger partial charge in [0.1, 0.15) is 12.1 Å². The Morgan fingerprint density at radius 3 is 2.36 bits per heavy atom. The summed E-state index contributed by atoms with van der Waals surface area (Å²) >= 11 is 2.36. The summed E-state index contributed by atoms with van der Waals surface area (Å²) in [5.41, 5.74) is 5.91. The minimum atomic E-state index is 0.939. The lowest BCUT2D eigenvalue weighted by Gasteiger charge is -2.21. The van der Waals surface area contributed by atoms with E-state index in [0.29, 0.717) is 0 Å². The molecule has 0 aliphatic rings. The molecule has 3 rings (SSSR count). The van der Waals surface area contributed by atoms with Gasteiger partial charge in [-0.1, -0.05) is 0 Å². The van der Waals surface area contributed by atoms with E-state index in [4.69, 9.17) is 0 Å². The first-order chi connectivity index (χ1) is 10.5. The van der Waals surface area contributed by atoms with Crippen LogP contribution in [-0.2, 0) is 0 Å². The molecule has 1 heterocycles. The van der Waals surface area contributed by atoms with Crippen LogP contribution >= 0.6 is 22.6 Å². The van der Waals surface area contributed by atoms with Crippen LogP contribution in [0.4, 0.5) is 11.5 Å². The van der Waals surface area contributed by atoms with Crippen LogP contribution in [-0.4, -0.2) is 17.0 Å². The molecular weight excluding hydrogens is 385 g/mol. The van der Waals surface area contributed by atoms with E-state index in [2.05, 4.69) is 95.6 Å². The summed E-state index contributed by atoms with van der Waals surface area (Å²) in [6.07, 6.45) is 1.64. The van der Waals surface area contributed by atoms with Gasteiger partial charge in [-0.3, -0.25) is 0 Å². The van der Waals surface area contributed by atoms with Gasteiger partial charge in [0.05, 0.1) is 5.52 Å². The molecule has 0 aliphatic heterocycles. The van der Waals surface area contributed by atoms with Crippen LogP contribution in [0.2, 0.25) is 0 Å². The zero-order chi connectivity index (χ0) is 15.9. The fraction of sp³-hybridized carbons (Fsp3) is 0.222. The normalized spacial score (nSPS) is 11.0. The second kappa shape index (κ2) is 5.83. The third-order valence-electron chi connectivity index (χ3n) is 4.08. The number of rotatable bonds is 2. The Hall–Kier alpha value is -1.69. The molecule has 0 spiro atoms. The van der Waals surface area contributed by atoms with Crippen molar-refractivity contribution in [2.24, 2.45) is 0 Å². The molecule has 0 atom stereocenters. The average molecular weight is 403 g/mol. The highest BCUT2D eigenvalue weighted by molar-refractivity contribution is 14.1. The Bertz CT molecular complexity index is 858. The third-order valence-corrected chi connectivity index (χ3v) is 5.29. The molecule has 3 nitrogen and oxygen atoms in total. The Kier molecular flexibility index (Phi) is 4.04. The first kappa shape index (κ1) is 15.2. The highest BCUT2D eigenvalue weighted by Crippen LogP contribution is 2.30. The van der Waals surface area contributed by atoms with E-state index in [0.717, 1.165) is 22.4 Å². The third kappa shape index (κ3) is 2.67. The molecule has 0 N–H and O–H groups in total. The van der Waals surface area contributed by atoms with Crippen molar-refractivity contribution in [3.05, 3.63) is 56.9 Å². The van der Waals surface area contributed by atoms with Gasteiger partial charge in [0.15, 0.2) is 0 Å². The second-order valence-electron chi connectivity index (χ2n) is 5.64. The highest BCUT2D eigenvalue weighted by atomic mass is 127. The molecule has 0 radical (unpaired) electrons. The smallest absolute Gasteiger partial charge is 0.144 e. The van der Waals surface area contributed by atoms with Crippen molar-refractivity contribution in [3.63, 3.8) is 0 Å². The molecule has 0 saturated heterocycles. The predicted octanol–water partition coefficient (Wildman–Crippen LogP) is 4.93. The van der Waals surface area contributed by atoms with Crippen LogP contribution in [0.5, 0.6) is 0 Å². The van der Waals surface area contributed by atoms with E-state index >= 15 is 0 Å².